The zero-order valence-electron chi connectivity index (χ0n) is 11.1. The molecule has 20 heavy (non-hydrogen) atoms. The van der Waals surface area contributed by atoms with Crippen molar-refractivity contribution in [3.05, 3.63) is 23.8 Å². The molecule has 3 N–H and O–H groups in total. The Morgan fingerprint density at radius 1 is 1.40 bits per heavy atom. The van der Waals surface area contributed by atoms with Crippen LogP contribution in [0.5, 0.6) is 0 Å². The monoisotopic (exact) mass is 290 g/mol. The summed E-state index contributed by atoms with van der Waals surface area (Å²) in [5.41, 5.74) is 7.51. The number of alkyl halides is 3. The van der Waals surface area contributed by atoms with Crippen molar-refractivity contribution in [2.24, 2.45) is 0 Å². The molecule has 0 unspecified atom stereocenters. The maximum Gasteiger partial charge on any atom is 0.389 e. The molecule has 0 aliphatic heterocycles. The smallest absolute Gasteiger partial charge is 0.389 e. The number of carbonyl (C=O) groups excluding carboxylic acids is 1. The van der Waals surface area contributed by atoms with Crippen LogP contribution in [0.3, 0.4) is 0 Å². The predicted octanol–water partition coefficient (Wildman–Crippen LogP) is 2.87. The number of amides is 1. The summed E-state index contributed by atoms with van der Waals surface area (Å²) in [7, 11) is 0. The van der Waals surface area contributed by atoms with E-state index in [1.807, 2.05) is 0 Å². The zero-order chi connectivity index (χ0) is 15.2. The minimum atomic E-state index is -4.19. The molecular formula is C13H17F3N2O2. The number of hydrogen-bond acceptors (Lipinski definition) is 3. The number of nitrogen functional groups attached to an aromatic ring is 1. The SMILES string of the molecule is Cc1ccc(N)cc1NC(=O)COCCCC(F)(F)F. The topological polar surface area (TPSA) is 64.3 Å². The second-order valence-electron chi connectivity index (χ2n) is 4.39. The molecule has 4 nitrogen and oxygen atoms in total. The Morgan fingerprint density at radius 2 is 2.10 bits per heavy atom. The molecule has 1 rings (SSSR count). The van der Waals surface area contributed by atoms with E-state index in [0.717, 1.165) is 5.56 Å². The molecule has 1 aromatic carbocycles. The number of nitrogens with two attached hydrogens (primary N) is 1. The van der Waals surface area contributed by atoms with Crippen LogP contribution >= 0.6 is 0 Å². The number of benzene rings is 1. The van der Waals surface area contributed by atoms with E-state index in [9.17, 15) is 18.0 Å². The van der Waals surface area contributed by atoms with E-state index in [1.54, 1.807) is 25.1 Å². The highest BCUT2D eigenvalue weighted by Crippen LogP contribution is 2.21. The van der Waals surface area contributed by atoms with Gasteiger partial charge >= 0.3 is 6.18 Å². The van der Waals surface area contributed by atoms with Gasteiger partial charge in [0.2, 0.25) is 5.91 Å². The maximum atomic E-state index is 11.9. The van der Waals surface area contributed by atoms with Crippen LogP contribution in [0.1, 0.15) is 18.4 Å². The molecule has 0 aromatic heterocycles. The van der Waals surface area contributed by atoms with Gasteiger partial charge in [-0.2, -0.15) is 13.2 Å². The number of halogens is 3. The molecule has 0 aliphatic carbocycles. The second kappa shape index (κ2) is 7.14. The predicted molar refractivity (Wildman–Crippen MR) is 70.3 cm³/mol. The van der Waals surface area contributed by atoms with E-state index in [-0.39, 0.29) is 19.6 Å². The average molecular weight is 290 g/mol. The summed E-state index contributed by atoms with van der Waals surface area (Å²) < 4.78 is 40.5. The largest absolute Gasteiger partial charge is 0.399 e. The highest BCUT2D eigenvalue weighted by atomic mass is 19.4. The second-order valence-corrected chi connectivity index (χ2v) is 4.39. The van der Waals surface area contributed by atoms with Crippen molar-refractivity contribution in [3.63, 3.8) is 0 Å². The molecule has 7 heteroatoms. The van der Waals surface area contributed by atoms with Gasteiger partial charge in [0.15, 0.2) is 0 Å². The van der Waals surface area contributed by atoms with E-state index >= 15 is 0 Å². The van der Waals surface area contributed by atoms with E-state index in [0.29, 0.717) is 11.4 Å². The minimum absolute atomic E-state index is 0.108. The lowest BCUT2D eigenvalue weighted by atomic mass is 10.2. The summed E-state index contributed by atoms with van der Waals surface area (Å²) in [4.78, 5) is 11.5. The van der Waals surface area contributed by atoms with Gasteiger partial charge in [-0.3, -0.25) is 4.79 Å². The van der Waals surface area contributed by atoms with Crippen LogP contribution < -0.4 is 11.1 Å². The number of carbonyl (C=O) groups is 1. The van der Waals surface area contributed by atoms with Gasteiger partial charge in [0, 0.05) is 24.4 Å². The Bertz CT molecular complexity index is 461. The van der Waals surface area contributed by atoms with Gasteiger partial charge in [-0.15, -0.1) is 0 Å². The van der Waals surface area contributed by atoms with Crippen LogP contribution in [0.25, 0.3) is 0 Å². The summed E-state index contributed by atoms with van der Waals surface area (Å²) in [5, 5.41) is 2.59. The Labute approximate surface area is 115 Å². The van der Waals surface area contributed by atoms with Crippen molar-refractivity contribution >= 4 is 17.3 Å². The Hall–Kier alpha value is -1.76. The lowest BCUT2D eigenvalue weighted by Gasteiger charge is -2.10. The van der Waals surface area contributed by atoms with Crippen LogP contribution in [0, 0.1) is 6.92 Å². The summed E-state index contributed by atoms with van der Waals surface area (Å²) in [6, 6.07) is 5.07. The maximum absolute atomic E-state index is 11.9. The van der Waals surface area contributed by atoms with Crippen molar-refractivity contribution in [2.45, 2.75) is 25.9 Å². The Morgan fingerprint density at radius 3 is 2.75 bits per heavy atom. The van der Waals surface area contributed by atoms with Crippen molar-refractivity contribution < 1.29 is 22.7 Å². The Kier molecular flexibility index (Phi) is 5.82. The van der Waals surface area contributed by atoms with E-state index < -0.39 is 18.5 Å². The van der Waals surface area contributed by atoms with Crippen LogP contribution in [-0.2, 0) is 9.53 Å². The third-order valence-electron chi connectivity index (χ3n) is 2.52. The number of ether oxygens (including phenoxy) is 1. The molecule has 0 heterocycles. The molecule has 1 aromatic rings. The first-order valence-corrected chi connectivity index (χ1v) is 6.08. The molecular weight excluding hydrogens is 273 g/mol. The molecule has 1 amide bonds. The fourth-order valence-electron chi connectivity index (χ4n) is 1.50. The van der Waals surface area contributed by atoms with Crippen molar-refractivity contribution in [1.82, 2.24) is 0 Å². The first kappa shape index (κ1) is 16.3. The van der Waals surface area contributed by atoms with Gasteiger partial charge < -0.3 is 15.8 Å². The van der Waals surface area contributed by atoms with Gasteiger partial charge in [-0.1, -0.05) is 6.07 Å². The first-order valence-electron chi connectivity index (χ1n) is 6.08. The van der Waals surface area contributed by atoms with Crippen LogP contribution in [0.2, 0.25) is 0 Å². The highest BCUT2D eigenvalue weighted by Gasteiger charge is 2.25. The van der Waals surface area contributed by atoms with Crippen LogP contribution in [0.15, 0.2) is 18.2 Å². The lowest BCUT2D eigenvalue weighted by Crippen LogP contribution is -2.19. The Balaban J connectivity index is 2.29. The van der Waals surface area contributed by atoms with E-state index in [4.69, 9.17) is 10.5 Å². The highest BCUT2D eigenvalue weighted by molar-refractivity contribution is 5.92. The molecule has 0 saturated carbocycles. The number of aryl methyl sites for hydroxylation is 1. The van der Waals surface area contributed by atoms with Crippen LogP contribution in [0.4, 0.5) is 24.5 Å². The van der Waals surface area contributed by atoms with Gasteiger partial charge in [-0.05, 0) is 31.0 Å². The first-order chi connectivity index (χ1) is 9.28. The van der Waals surface area contributed by atoms with E-state index in [1.165, 1.54) is 0 Å². The summed E-state index contributed by atoms with van der Waals surface area (Å²) >= 11 is 0. The fraction of sp³-hybridized carbons (Fsp3) is 0.462. The van der Waals surface area contributed by atoms with E-state index in [2.05, 4.69) is 5.32 Å². The summed E-state index contributed by atoms with van der Waals surface area (Å²) in [6.07, 6.45) is -5.26. The third-order valence-corrected chi connectivity index (χ3v) is 2.52. The molecule has 0 saturated heterocycles. The number of hydrogen-bond donors (Lipinski definition) is 2. The molecule has 0 fully saturated rings. The van der Waals surface area contributed by atoms with Crippen molar-refractivity contribution in [1.29, 1.82) is 0 Å². The quantitative estimate of drug-likeness (QED) is 0.625. The number of nitrogens with one attached hydrogen (secondary N) is 1. The molecule has 0 atom stereocenters. The van der Waals surface area contributed by atoms with Gasteiger partial charge in [-0.25, -0.2) is 0 Å². The molecule has 112 valence electrons. The summed E-state index contributed by atoms with van der Waals surface area (Å²) in [5.74, 6) is -0.425. The average Bonchev–Trinajstić information content (AvgIpc) is 2.32. The summed E-state index contributed by atoms with van der Waals surface area (Å²) in [6.45, 7) is 1.41. The van der Waals surface area contributed by atoms with Crippen molar-refractivity contribution in [2.75, 3.05) is 24.3 Å². The number of anilines is 2. The minimum Gasteiger partial charge on any atom is -0.399 e. The zero-order valence-corrected chi connectivity index (χ0v) is 11.1. The van der Waals surface area contributed by atoms with Gasteiger partial charge in [0.25, 0.3) is 0 Å². The van der Waals surface area contributed by atoms with Gasteiger partial charge in [0.05, 0.1) is 0 Å². The lowest BCUT2D eigenvalue weighted by molar-refractivity contribution is -0.138. The fourth-order valence-corrected chi connectivity index (χ4v) is 1.50. The molecule has 0 spiro atoms. The molecule has 0 aliphatic rings. The molecule has 0 radical (unpaired) electrons. The van der Waals surface area contributed by atoms with Crippen molar-refractivity contribution in [3.8, 4) is 0 Å². The normalized spacial score (nSPS) is 11.4. The van der Waals surface area contributed by atoms with Crippen LogP contribution in [-0.4, -0.2) is 25.3 Å². The molecule has 0 bridgehead atoms. The standard InChI is InChI=1S/C13H17F3N2O2/c1-9-3-4-10(17)7-11(9)18-12(19)8-20-6-2-5-13(14,15)16/h3-4,7H,2,5-6,8,17H2,1H3,(H,18,19). The number of rotatable bonds is 6. The third kappa shape index (κ3) is 6.42. The van der Waals surface area contributed by atoms with Gasteiger partial charge in [0.1, 0.15) is 6.61 Å².